The van der Waals surface area contributed by atoms with Gasteiger partial charge in [-0.25, -0.2) is 0 Å². The van der Waals surface area contributed by atoms with Gasteiger partial charge in [0.2, 0.25) is 5.91 Å². The molecule has 1 fully saturated rings. The van der Waals surface area contributed by atoms with Crippen molar-refractivity contribution in [1.29, 1.82) is 0 Å². The topological polar surface area (TPSA) is 70.7 Å². The van der Waals surface area contributed by atoms with E-state index in [4.69, 9.17) is 4.74 Å². The zero-order chi connectivity index (χ0) is 17.7. The minimum Gasteiger partial charge on any atom is -0.492 e. The van der Waals surface area contributed by atoms with Gasteiger partial charge in [0.1, 0.15) is 5.75 Å². The highest BCUT2D eigenvalue weighted by Crippen LogP contribution is 2.28. The maximum absolute atomic E-state index is 12.5. The van der Waals surface area contributed by atoms with Gasteiger partial charge in [-0.2, -0.15) is 0 Å². The second-order valence-electron chi connectivity index (χ2n) is 6.41. The quantitative estimate of drug-likeness (QED) is 0.836. The summed E-state index contributed by atoms with van der Waals surface area (Å²) in [6.07, 6.45) is 1.66. The molecule has 7 heteroatoms. The van der Waals surface area contributed by atoms with E-state index in [1.54, 1.807) is 32.3 Å². The summed E-state index contributed by atoms with van der Waals surface area (Å²) in [6, 6.07) is 5.49. The average Bonchev–Trinajstić information content (AvgIpc) is 2.55. The van der Waals surface area contributed by atoms with Gasteiger partial charge in [0.25, 0.3) is 5.91 Å². The molecule has 6 nitrogen and oxygen atoms in total. The zero-order valence-corrected chi connectivity index (χ0v) is 16.1. The minimum absolute atomic E-state index is 0. The Bertz CT molecular complexity index is 607. The Balaban J connectivity index is 0.00000312. The lowest BCUT2D eigenvalue weighted by Gasteiger charge is -2.27. The van der Waals surface area contributed by atoms with Crippen LogP contribution in [0.2, 0.25) is 0 Å². The summed E-state index contributed by atoms with van der Waals surface area (Å²) in [5.41, 5.74) is 1.15. The van der Waals surface area contributed by atoms with Gasteiger partial charge in [-0.15, -0.1) is 12.4 Å². The van der Waals surface area contributed by atoms with Crippen molar-refractivity contribution in [2.24, 2.45) is 5.92 Å². The molecule has 1 aromatic rings. The third-order valence-corrected chi connectivity index (χ3v) is 4.19. The van der Waals surface area contributed by atoms with E-state index in [2.05, 4.69) is 17.6 Å². The second kappa shape index (κ2) is 9.63. The molecule has 2 rings (SSSR count). The Labute approximate surface area is 155 Å². The first-order valence-corrected chi connectivity index (χ1v) is 8.45. The van der Waals surface area contributed by atoms with E-state index in [1.165, 1.54) is 4.90 Å². The van der Waals surface area contributed by atoms with Gasteiger partial charge >= 0.3 is 0 Å². The molecular formula is C18H28ClN3O3. The van der Waals surface area contributed by atoms with Gasteiger partial charge in [0.15, 0.2) is 0 Å². The zero-order valence-electron chi connectivity index (χ0n) is 15.3. The van der Waals surface area contributed by atoms with E-state index in [0.29, 0.717) is 29.6 Å². The van der Waals surface area contributed by atoms with Crippen molar-refractivity contribution >= 4 is 29.9 Å². The average molecular weight is 370 g/mol. The molecule has 0 unspecified atom stereocenters. The number of carbonyl (C=O) groups excluding carboxylic acids is 2. The molecule has 140 valence electrons. The van der Waals surface area contributed by atoms with Gasteiger partial charge in [0.05, 0.1) is 12.3 Å². The van der Waals surface area contributed by atoms with E-state index in [9.17, 15) is 9.59 Å². The van der Waals surface area contributed by atoms with Crippen LogP contribution in [0.1, 0.15) is 37.0 Å². The monoisotopic (exact) mass is 369 g/mol. The van der Waals surface area contributed by atoms with E-state index in [-0.39, 0.29) is 30.1 Å². The molecule has 0 saturated carbocycles. The second-order valence-corrected chi connectivity index (χ2v) is 6.41. The lowest BCUT2D eigenvalue weighted by Crippen LogP contribution is -2.40. The van der Waals surface area contributed by atoms with Crippen LogP contribution in [0.3, 0.4) is 0 Å². The summed E-state index contributed by atoms with van der Waals surface area (Å²) in [7, 11) is 3.41. The summed E-state index contributed by atoms with van der Waals surface area (Å²) in [6.45, 7) is 5.29. The number of nitrogens with one attached hydrogen (secondary N) is 2. The van der Waals surface area contributed by atoms with Crippen LogP contribution in [0.15, 0.2) is 18.2 Å². The highest BCUT2D eigenvalue weighted by molar-refractivity contribution is 5.97. The molecule has 2 atom stereocenters. The van der Waals surface area contributed by atoms with Gasteiger partial charge in [-0.1, -0.05) is 0 Å². The maximum atomic E-state index is 12.5. The number of halogens is 1. The Morgan fingerprint density at radius 2 is 2.08 bits per heavy atom. The first-order chi connectivity index (χ1) is 11.4. The fourth-order valence-electron chi connectivity index (χ4n) is 2.90. The molecule has 0 aliphatic carbocycles. The number of amides is 2. The predicted octanol–water partition coefficient (Wildman–Crippen LogP) is 2.54. The van der Waals surface area contributed by atoms with Crippen molar-refractivity contribution in [3.63, 3.8) is 0 Å². The minimum atomic E-state index is -0.0963. The van der Waals surface area contributed by atoms with Crippen LogP contribution in [0.25, 0.3) is 0 Å². The molecule has 1 saturated heterocycles. The number of ether oxygens (including phenoxy) is 1. The number of benzene rings is 1. The molecule has 1 heterocycles. The Morgan fingerprint density at radius 1 is 1.36 bits per heavy atom. The van der Waals surface area contributed by atoms with Crippen molar-refractivity contribution in [2.75, 3.05) is 32.6 Å². The highest BCUT2D eigenvalue weighted by Gasteiger charge is 2.25. The molecule has 0 bridgehead atoms. The Kier molecular flexibility index (Phi) is 8.19. The van der Waals surface area contributed by atoms with Crippen LogP contribution >= 0.6 is 12.4 Å². The van der Waals surface area contributed by atoms with Gasteiger partial charge in [0, 0.05) is 31.6 Å². The molecule has 2 N–H and O–H groups in total. The van der Waals surface area contributed by atoms with Crippen LogP contribution in [-0.2, 0) is 4.79 Å². The van der Waals surface area contributed by atoms with Crippen LogP contribution < -0.4 is 15.4 Å². The largest absolute Gasteiger partial charge is 0.492 e. The fourth-order valence-corrected chi connectivity index (χ4v) is 2.90. The molecular weight excluding hydrogens is 342 g/mol. The van der Waals surface area contributed by atoms with E-state index >= 15 is 0 Å². The van der Waals surface area contributed by atoms with Gasteiger partial charge < -0.3 is 20.3 Å². The van der Waals surface area contributed by atoms with Gasteiger partial charge in [-0.05, 0) is 51.4 Å². The first kappa shape index (κ1) is 21.3. The summed E-state index contributed by atoms with van der Waals surface area (Å²) in [5.74, 6) is 0.441. The highest BCUT2D eigenvalue weighted by atomic mass is 35.5. The van der Waals surface area contributed by atoms with Crippen LogP contribution in [0.5, 0.6) is 5.75 Å². The van der Waals surface area contributed by atoms with Crippen LogP contribution in [-0.4, -0.2) is 50.0 Å². The number of hydrogen-bond donors (Lipinski definition) is 2. The number of hydrogen-bond acceptors (Lipinski definition) is 4. The summed E-state index contributed by atoms with van der Waals surface area (Å²) >= 11 is 0. The lowest BCUT2D eigenvalue weighted by atomic mass is 9.92. The molecule has 0 aromatic heterocycles. The smallest absolute Gasteiger partial charge is 0.253 e. The number of carbonyl (C=O) groups is 2. The van der Waals surface area contributed by atoms with Gasteiger partial charge in [-0.3, -0.25) is 9.59 Å². The SMILES string of the molecule is CCOc1cc(C(=O)N(C)C)ccc1NC(=O)[C@H]1CCN[C@@H](C)C1.Cl. The standard InChI is InChI=1S/C18H27N3O3.ClH/c1-5-24-16-11-14(18(23)21(3)4)6-7-15(16)20-17(22)13-8-9-19-12(2)10-13;/h6-7,11-13,19H,5,8-10H2,1-4H3,(H,20,22);1H/t12-,13-;/m0./s1. The molecule has 0 spiro atoms. The molecule has 2 amide bonds. The van der Waals surface area contributed by atoms with Crippen molar-refractivity contribution in [1.82, 2.24) is 10.2 Å². The Morgan fingerprint density at radius 3 is 2.68 bits per heavy atom. The van der Waals surface area contributed by atoms with E-state index in [0.717, 1.165) is 19.4 Å². The molecule has 1 aliphatic rings. The number of anilines is 1. The fraction of sp³-hybridized carbons (Fsp3) is 0.556. The molecule has 1 aromatic carbocycles. The third-order valence-electron chi connectivity index (χ3n) is 4.19. The van der Waals surface area contributed by atoms with Crippen molar-refractivity contribution < 1.29 is 14.3 Å². The normalized spacial score (nSPS) is 19.5. The first-order valence-electron chi connectivity index (χ1n) is 8.45. The third kappa shape index (κ3) is 5.61. The summed E-state index contributed by atoms with van der Waals surface area (Å²) in [5, 5.41) is 6.31. The van der Waals surface area contributed by atoms with Crippen LogP contribution in [0.4, 0.5) is 5.69 Å². The predicted molar refractivity (Wildman–Crippen MR) is 102 cm³/mol. The maximum Gasteiger partial charge on any atom is 0.253 e. The number of nitrogens with zero attached hydrogens (tertiary/aromatic N) is 1. The van der Waals surface area contributed by atoms with Crippen molar-refractivity contribution in [2.45, 2.75) is 32.7 Å². The van der Waals surface area contributed by atoms with E-state index in [1.807, 2.05) is 6.92 Å². The number of piperidine rings is 1. The molecule has 0 radical (unpaired) electrons. The molecule has 25 heavy (non-hydrogen) atoms. The summed E-state index contributed by atoms with van der Waals surface area (Å²) in [4.78, 5) is 26.1. The molecule has 1 aliphatic heterocycles. The van der Waals surface area contributed by atoms with Crippen LogP contribution in [0, 0.1) is 5.92 Å². The lowest BCUT2D eigenvalue weighted by molar-refractivity contribution is -0.120. The Hall–Kier alpha value is -1.79. The van der Waals surface area contributed by atoms with Crippen molar-refractivity contribution in [3.05, 3.63) is 23.8 Å². The van der Waals surface area contributed by atoms with Crippen molar-refractivity contribution in [3.8, 4) is 5.75 Å². The summed E-state index contributed by atoms with van der Waals surface area (Å²) < 4.78 is 5.62. The van der Waals surface area contributed by atoms with E-state index < -0.39 is 0 Å². The number of rotatable bonds is 5.